The fourth-order valence-electron chi connectivity index (χ4n) is 3.95. The van der Waals surface area contributed by atoms with E-state index in [4.69, 9.17) is 15.6 Å². The number of ether oxygens (including phenoxy) is 1. The van der Waals surface area contributed by atoms with Gasteiger partial charge in [0, 0.05) is 36.3 Å². The first kappa shape index (κ1) is 21.3. The van der Waals surface area contributed by atoms with Gasteiger partial charge in [-0.3, -0.25) is 4.68 Å². The fourth-order valence-corrected chi connectivity index (χ4v) is 4.42. The van der Waals surface area contributed by atoms with E-state index in [9.17, 15) is 8.42 Å². The summed E-state index contributed by atoms with van der Waals surface area (Å²) in [6.45, 7) is 1.18. The van der Waals surface area contributed by atoms with Gasteiger partial charge in [-0.15, -0.1) is 0 Å². The summed E-state index contributed by atoms with van der Waals surface area (Å²) in [6, 6.07) is 9.58. The lowest BCUT2D eigenvalue weighted by Crippen LogP contribution is -2.13. The average Bonchev–Trinajstić information content (AvgIpc) is 3.41. The van der Waals surface area contributed by atoms with Gasteiger partial charge in [-0.25, -0.2) is 18.5 Å². The van der Waals surface area contributed by atoms with Crippen LogP contribution in [0.3, 0.4) is 0 Å². The van der Waals surface area contributed by atoms with E-state index in [0.717, 1.165) is 48.9 Å². The molecule has 0 aliphatic heterocycles. The Bertz CT molecular complexity index is 1170. The average molecular weight is 442 g/mol. The Kier molecular flexibility index (Phi) is 6.24. The van der Waals surface area contributed by atoms with Gasteiger partial charge >= 0.3 is 0 Å². The lowest BCUT2D eigenvalue weighted by atomic mass is 9.98. The van der Waals surface area contributed by atoms with Crippen molar-refractivity contribution in [3.63, 3.8) is 0 Å². The second-order valence-corrected chi connectivity index (χ2v) is 9.28. The second kappa shape index (κ2) is 9.07. The lowest BCUT2D eigenvalue weighted by Gasteiger charge is -2.12. The van der Waals surface area contributed by atoms with Crippen LogP contribution in [0.2, 0.25) is 0 Å². The van der Waals surface area contributed by atoms with Gasteiger partial charge in [0.25, 0.3) is 10.0 Å². The van der Waals surface area contributed by atoms with Crippen molar-refractivity contribution in [2.45, 2.75) is 50.1 Å². The zero-order chi connectivity index (χ0) is 21.8. The van der Waals surface area contributed by atoms with Crippen molar-refractivity contribution >= 4 is 15.7 Å². The third kappa shape index (κ3) is 5.05. The molecule has 0 atom stereocenters. The molecule has 0 amide bonds. The van der Waals surface area contributed by atoms with Crippen LogP contribution in [0, 0.1) is 0 Å². The Morgan fingerprint density at radius 3 is 2.77 bits per heavy atom. The van der Waals surface area contributed by atoms with E-state index >= 15 is 0 Å². The van der Waals surface area contributed by atoms with Crippen molar-refractivity contribution < 1.29 is 13.2 Å². The van der Waals surface area contributed by atoms with E-state index < -0.39 is 10.0 Å². The smallest absolute Gasteiger partial charge is 0.257 e. The van der Waals surface area contributed by atoms with Crippen LogP contribution in [0.15, 0.2) is 47.8 Å². The summed E-state index contributed by atoms with van der Waals surface area (Å²) in [7, 11) is -3.75. The van der Waals surface area contributed by atoms with Crippen molar-refractivity contribution in [2.75, 3.05) is 12.3 Å². The molecule has 31 heavy (non-hydrogen) atoms. The van der Waals surface area contributed by atoms with Gasteiger partial charge in [0.15, 0.2) is 5.03 Å². The molecule has 0 saturated heterocycles. The largest absolute Gasteiger partial charge is 0.478 e. The molecule has 0 unspecified atom stereocenters. The molecule has 0 fully saturated rings. The summed E-state index contributed by atoms with van der Waals surface area (Å²) in [6.07, 6.45) is 9.33. The lowest BCUT2D eigenvalue weighted by molar-refractivity contribution is 0.292. The standard InChI is InChI=1S/C22H27N5O3S/c23-22-18-6-4-5-16(18)7-8-19(22)17-9-11-25-20(15-17)30-14-3-1-2-12-27-13-10-21(26-27)31(24,28)29/h7-11,13,15H,1-6,12,14,23H2,(H2,24,28,29). The second-order valence-electron chi connectivity index (χ2n) is 7.77. The molecule has 0 bridgehead atoms. The molecule has 8 nitrogen and oxygen atoms in total. The number of primary sulfonamides is 1. The number of nitrogen functional groups attached to an aromatic ring is 1. The van der Waals surface area contributed by atoms with Gasteiger partial charge in [-0.05, 0) is 67.3 Å². The van der Waals surface area contributed by atoms with Crippen molar-refractivity contribution in [2.24, 2.45) is 5.14 Å². The number of unbranched alkanes of at least 4 members (excludes halogenated alkanes) is 2. The normalized spacial score (nSPS) is 13.3. The monoisotopic (exact) mass is 441 g/mol. The zero-order valence-corrected chi connectivity index (χ0v) is 18.1. The number of sulfonamides is 1. The first-order chi connectivity index (χ1) is 14.9. The Morgan fingerprint density at radius 2 is 1.97 bits per heavy atom. The van der Waals surface area contributed by atoms with Gasteiger partial charge in [0.1, 0.15) is 0 Å². The minimum absolute atomic E-state index is 0.106. The number of nitrogens with two attached hydrogens (primary N) is 2. The third-order valence-electron chi connectivity index (χ3n) is 5.56. The molecule has 1 aliphatic carbocycles. The fraction of sp³-hybridized carbons (Fsp3) is 0.364. The van der Waals surface area contributed by atoms with Gasteiger partial charge in [-0.1, -0.05) is 12.1 Å². The van der Waals surface area contributed by atoms with Gasteiger partial charge in [0.05, 0.1) is 6.61 Å². The van der Waals surface area contributed by atoms with Crippen molar-refractivity contribution in [1.29, 1.82) is 0 Å². The van der Waals surface area contributed by atoms with Gasteiger partial charge in [-0.2, -0.15) is 5.10 Å². The summed E-state index contributed by atoms with van der Waals surface area (Å²) in [5, 5.41) is 8.93. The minimum Gasteiger partial charge on any atom is -0.478 e. The quantitative estimate of drug-likeness (QED) is 0.388. The first-order valence-corrected chi connectivity index (χ1v) is 12.0. The van der Waals surface area contributed by atoms with Crippen molar-refractivity contribution in [3.05, 3.63) is 53.9 Å². The molecule has 3 aromatic rings. The molecule has 0 radical (unpaired) electrons. The van der Waals surface area contributed by atoms with E-state index in [0.29, 0.717) is 19.0 Å². The number of aromatic nitrogens is 3. The Morgan fingerprint density at radius 1 is 1.10 bits per heavy atom. The van der Waals surface area contributed by atoms with Crippen LogP contribution in [-0.4, -0.2) is 29.8 Å². The topological polar surface area (TPSA) is 126 Å². The highest BCUT2D eigenvalue weighted by atomic mass is 32.2. The molecular formula is C22H27N5O3S. The molecule has 2 aromatic heterocycles. The zero-order valence-electron chi connectivity index (χ0n) is 17.3. The predicted octanol–water partition coefficient (Wildman–Crippen LogP) is 2.91. The van der Waals surface area contributed by atoms with Crippen LogP contribution in [0.4, 0.5) is 5.69 Å². The number of anilines is 1. The van der Waals surface area contributed by atoms with E-state index in [1.807, 2.05) is 12.1 Å². The van der Waals surface area contributed by atoms with Crippen molar-refractivity contribution in [1.82, 2.24) is 14.8 Å². The molecule has 2 heterocycles. The van der Waals surface area contributed by atoms with Crippen LogP contribution in [0.25, 0.3) is 11.1 Å². The van der Waals surface area contributed by atoms with E-state index in [1.165, 1.54) is 23.6 Å². The highest BCUT2D eigenvalue weighted by Gasteiger charge is 2.17. The van der Waals surface area contributed by atoms with E-state index in [2.05, 4.69) is 22.2 Å². The molecular weight excluding hydrogens is 414 g/mol. The molecule has 164 valence electrons. The number of hydrogen-bond acceptors (Lipinski definition) is 6. The van der Waals surface area contributed by atoms with Crippen LogP contribution >= 0.6 is 0 Å². The van der Waals surface area contributed by atoms with E-state index in [-0.39, 0.29) is 5.03 Å². The Hall–Kier alpha value is -2.91. The highest BCUT2D eigenvalue weighted by molar-refractivity contribution is 7.89. The first-order valence-electron chi connectivity index (χ1n) is 10.5. The minimum atomic E-state index is -3.75. The Labute approximate surface area is 182 Å². The summed E-state index contributed by atoms with van der Waals surface area (Å²) in [5.41, 5.74) is 12.0. The molecule has 0 saturated carbocycles. The number of rotatable bonds is 9. The maximum atomic E-state index is 11.3. The van der Waals surface area contributed by atoms with Crippen LogP contribution in [0.1, 0.15) is 36.8 Å². The number of aryl methyl sites for hydroxylation is 2. The molecule has 0 spiro atoms. The number of pyridine rings is 1. The van der Waals surface area contributed by atoms with Crippen LogP contribution in [-0.2, 0) is 29.4 Å². The highest BCUT2D eigenvalue weighted by Crippen LogP contribution is 2.35. The van der Waals surface area contributed by atoms with Crippen LogP contribution < -0.4 is 15.6 Å². The predicted molar refractivity (Wildman–Crippen MR) is 119 cm³/mol. The summed E-state index contributed by atoms with van der Waals surface area (Å²) >= 11 is 0. The number of hydrogen-bond donors (Lipinski definition) is 2. The number of benzene rings is 1. The number of fused-ring (bicyclic) bond motifs is 1. The van der Waals surface area contributed by atoms with Gasteiger partial charge in [0.2, 0.25) is 5.88 Å². The third-order valence-corrected chi connectivity index (χ3v) is 6.36. The van der Waals surface area contributed by atoms with E-state index in [1.54, 1.807) is 17.1 Å². The number of nitrogens with zero attached hydrogens (tertiary/aromatic N) is 3. The molecule has 9 heteroatoms. The Balaban J connectivity index is 1.26. The maximum Gasteiger partial charge on any atom is 0.257 e. The molecule has 1 aliphatic rings. The van der Waals surface area contributed by atoms with Crippen molar-refractivity contribution in [3.8, 4) is 17.0 Å². The summed E-state index contributed by atoms with van der Waals surface area (Å²) in [5.74, 6) is 0.585. The SMILES string of the molecule is Nc1c(-c2ccnc(OCCCCCn3ccc(S(N)(=O)=O)n3)c2)ccc2c1CCC2. The summed E-state index contributed by atoms with van der Waals surface area (Å²) in [4.78, 5) is 4.31. The summed E-state index contributed by atoms with van der Waals surface area (Å²) < 4.78 is 29.9. The maximum absolute atomic E-state index is 11.3. The molecule has 1 aromatic carbocycles. The van der Waals surface area contributed by atoms with Gasteiger partial charge < -0.3 is 10.5 Å². The van der Waals surface area contributed by atoms with Crippen LogP contribution in [0.5, 0.6) is 5.88 Å². The molecule has 4 N–H and O–H groups in total. The molecule has 4 rings (SSSR count).